The number of ether oxygens (including phenoxy) is 4. The number of carbonyl (C=O) groups is 4. The fraction of sp³-hybridized carbons (Fsp3) is 0.949. The van der Waals surface area contributed by atoms with E-state index in [0.717, 1.165) is 108 Å². The molecular weight excluding hydrogens is 1270 g/mol. The van der Waals surface area contributed by atoms with E-state index in [-0.39, 0.29) is 25.7 Å². The molecule has 0 aliphatic rings. The molecule has 0 heterocycles. The first-order valence-electron chi connectivity index (χ1n) is 40.5. The zero-order valence-electron chi connectivity index (χ0n) is 63.4. The second-order valence-corrected chi connectivity index (χ2v) is 31.7. The summed E-state index contributed by atoms with van der Waals surface area (Å²) in [6.07, 6.45) is 58.2. The number of phosphoric ester groups is 2. The molecule has 0 amide bonds. The average Bonchev–Trinajstić information content (AvgIpc) is 1.25. The third-order valence-corrected chi connectivity index (χ3v) is 20.5. The van der Waals surface area contributed by atoms with Crippen LogP contribution in [0.5, 0.6) is 0 Å². The molecule has 0 rings (SSSR count). The molecule has 0 fully saturated rings. The average molecular weight is 1420 g/mol. The van der Waals surface area contributed by atoms with E-state index in [4.69, 9.17) is 37.0 Å². The third kappa shape index (κ3) is 70.9. The van der Waals surface area contributed by atoms with Crippen LogP contribution in [0.3, 0.4) is 0 Å². The van der Waals surface area contributed by atoms with Crippen LogP contribution < -0.4 is 0 Å². The van der Waals surface area contributed by atoms with E-state index in [2.05, 4.69) is 41.5 Å². The van der Waals surface area contributed by atoms with Gasteiger partial charge in [-0.05, 0) is 37.5 Å². The number of aliphatic hydroxyl groups excluding tert-OH is 1. The number of hydrogen-bond donors (Lipinski definition) is 3. The van der Waals surface area contributed by atoms with Crippen molar-refractivity contribution in [2.75, 3.05) is 39.6 Å². The van der Waals surface area contributed by atoms with Crippen molar-refractivity contribution in [3.05, 3.63) is 0 Å². The number of rotatable bonds is 77. The Bertz CT molecular complexity index is 1870. The molecule has 6 atom stereocenters. The van der Waals surface area contributed by atoms with Gasteiger partial charge in [0.15, 0.2) is 12.2 Å². The van der Waals surface area contributed by atoms with E-state index < -0.39 is 97.5 Å². The maximum Gasteiger partial charge on any atom is 0.472 e. The van der Waals surface area contributed by atoms with Crippen LogP contribution in [0.1, 0.15) is 408 Å². The summed E-state index contributed by atoms with van der Waals surface area (Å²) in [5.74, 6) is -0.571. The molecule has 97 heavy (non-hydrogen) atoms. The van der Waals surface area contributed by atoms with Gasteiger partial charge < -0.3 is 33.8 Å². The van der Waals surface area contributed by atoms with Crippen LogP contribution in [0.2, 0.25) is 0 Å². The highest BCUT2D eigenvalue weighted by Gasteiger charge is 2.30. The van der Waals surface area contributed by atoms with Gasteiger partial charge in [0.05, 0.1) is 26.4 Å². The molecule has 576 valence electrons. The lowest BCUT2D eigenvalue weighted by atomic mass is 10.00. The highest BCUT2D eigenvalue weighted by atomic mass is 31.2. The molecule has 0 aromatic heterocycles. The highest BCUT2D eigenvalue weighted by Crippen LogP contribution is 2.45. The van der Waals surface area contributed by atoms with Crippen molar-refractivity contribution in [1.29, 1.82) is 0 Å². The standard InChI is InChI=1S/C78H152O17P2/c1-7-10-12-14-16-18-20-22-25-30-33-37-41-48-54-60-75(80)88-66-73(94-77(82)63-57-51-43-39-35-31-27-24-23-26-29-32-36-40-46-52-58-70(4)5)68-92-96(84,85)90-64-72(79)65-91-97(86,87)93-69-74(67-89-76(81)61-55-49-45-44-47-53-59-71(6)9-3)95-78(83)62-56-50-42-38-34-28-21-19-17-15-13-11-8-2/h70-74,79H,7-69H2,1-6H3,(H,84,85)(H,86,87)/t71?,72-,73-,74-/m1/s1. The van der Waals surface area contributed by atoms with E-state index in [1.54, 1.807) is 0 Å². The zero-order valence-corrected chi connectivity index (χ0v) is 65.2. The van der Waals surface area contributed by atoms with Crippen molar-refractivity contribution in [1.82, 2.24) is 0 Å². The Labute approximate surface area is 594 Å². The van der Waals surface area contributed by atoms with Gasteiger partial charge in [0.25, 0.3) is 0 Å². The van der Waals surface area contributed by atoms with E-state index in [9.17, 15) is 43.2 Å². The largest absolute Gasteiger partial charge is 0.472 e. The van der Waals surface area contributed by atoms with Gasteiger partial charge in [-0.25, -0.2) is 9.13 Å². The number of phosphoric acid groups is 2. The van der Waals surface area contributed by atoms with Crippen molar-refractivity contribution in [3.63, 3.8) is 0 Å². The number of aliphatic hydroxyl groups is 1. The Morgan fingerprint density at radius 3 is 0.784 bits per heavy atom. The normalized spacial score (nSPS) is 14.2. The summed E-state index contributed by atoms with van der Waals surface area (Å²) in [6.45, 7) is 9.61. The molecule has 0 bridgehead atoms. The van der Waals surface area contributed by atoms with E-state index in [0.29, 0.717) is 25.7 Å². The van der Waals surface area contributed by atoms with Crippen LogP contribution in [-0.2, 0) is 65.4 Å². The van der Waals surface area contributed by atoms with Crippen molar-refractivity contribution in [3.8, 4) is 0 Å². The first kappa shape index (κ1) is 95.1. The number of carbonyl (C=O) groups excluding carboxylic acids is 4. The summed E-state index contributed by atoms with van der Waals surface area (Å²) in [7, 11) is -9.91. The van der Waals surface area contributed by atoms with E-state index in [1.807, 2.05) is 0 Å². The minimum absolute atomic E-state index is 0.107. The third-order valence-electron chi connectivity index (χ3n) is 18.6. The van der Waals surface area contributed by atoms with Gasteiger partial charge in [-0.15, -0.1) is 0 Å². The minimum atomic E-state index is -4.96. The molecule has 0 aromatic carbocycles. The predicted octanol–water partition coefficient (Wildman–Crippen LogP) is 23.1. The molecule has 0 saturated carbocycles. The molecule has 0 spiro atoms. The molecule has 0 aromatic rings. The zero-order chi connectivity index (χ0) is 71.4. The molecule has 19 heteroatoms. The highest BCUT2D eigenvalue weighted by molar-refractivity contribution is 7.47. The summed E-state index contributed by atoms with van der Waals surface area (Å²) < 4.78 is 68.6. The minimum Gasteiger partial charge on any atom is -0.462 e. The van der Waals surface area contributed by atoms with Crippen LogP contribution in [-0.4, -0.2) is 96.7 Å². The summed E-state index contributed by atoms with van der Waals surface area (Å²) >= 11 is 0. The lowest BCUT2D eigenvalue weighted by Crippen LogP contribution is -2.30. The summed E-state index contributed by atoms with van der Waals surface area (Å²) in [5.41, 5.74) is 0. The van der Waals surface area contributed by atoms with Crippen molar-refractivity contribution >= 4 is 39.5 Å². The number of hydrogen-bond acceptors (Lipinski definition) is 15. The maximum absolute atomic E-state index is 13.1. The fourth-order valence-corrected chi connectivity index (χ4v) is 13.6. The van der Waals surface area contributed by atoms with Crippen LogP contribution in [0, 0.1) is 11.8 Å². The fourth-order valence-electron chi connectivity index (χ4n) is 12.0. The van der Waals surface area contributed by atoms with Gasteiger partial charge in [0, 0.05) is 25.7 Å². The molecule has 0 aliphatic heterocycles. The number of esters is 4. The Morgan fingerprint density at radius 1 is 0.299 bits per heavy atom. The summed E-state index contributed by atoms with van der Waals surface area (Å²) in [4.78, 5) is 72.9. The number of unbranched alkanes of at least 4 members (excludes halogenated alkanes) is 46. The molecule has 0 aliphatic carbocycles. The first-order chi connectivity index (χ1) is 46.9. The van der Waals surface area contributed by atoms with Gasteiger partial charge in [-0.1, -0.05) is 356 Å². The molecule has 0 radical (unpaired) electrons. The monoisotopic (exact) mass is 1420 g/mol. The lowest BCUT2D eigenvalue weighted by molar-refractivity contribution is -0.161. The Morgan fingerprint density at radius 2 is 0.526 bits per heavy atom. The van der Waals surface area contributed by atoms with Gasteiger partial charge >= 0.3 is 39.5 Å². The molecule has 3 N–H and O–H groups in total. The van der Waals surface area contributed by atoms with Crippen LogP contribution >= 0.6 is 15.6 Å². The van der Waals surface area contributed by atoms with Crippen LogP contribution in [0.15, 0.2) is 0 Å². The van der Waals surface area contributed by atoms with Crippen LogP contribution in [0.25, 0.3) is 0 Å². The Hall–Kier alpha value is -1.94. The smallest absolute Gasteiger partial charge is 0.462 e. The van der Waals surface area contributed by atoms with Gasteiger partial charge in [0.2, 0.25) is 0 Å². The predicted molar refractivity (Wildman–Crippen MR) is 395 cm³/mol. The van der Waals surface area contributed by atoms with Crippen molar-refractivity contribution < 1.29 is 80.2 Å². The molecule has 0 saturated heterocycles. The SMILES string of the molecule is CCCCCCCCCCCCCCCCCC(=O)OC[C@H](COP(=O)(O)OC[C@@H](O)COP(=O)(O)OC[C@@H](COC(=O)CCCCCCCCC(C)CC)OC(=O)CCCCCCCCCCCCCCC)OC(=O)CCCCCCCCCCCCCCCCCCC(C)C. The van der Waals surface area contributed by atoms with Crippen molar-refractivity contribution in [2.24, 2.45) is 11.8 Å². The summed E-state index contributed by atoms with van der Waals surface area (Å²) in [6, 6.07) is 0. The van der Waals surface area contributed by atoms with Crippen molar-refractivity contribution in [2.45, 2.75) is 426 Å². The first-order valence-corrected chi connectivity index (χ1v) is 43.5. The van der Waals surface area contributed by atoms with E-state index in [1.165, 1.54) is 218 Å². The quantitative estimate of drug-likeness (QED) is 0.0222. The molecular formula is C78H152O17P2. The lowest BCUT2D eigenvalue weighted by Gasteiger charge is -2.21. The molecule has 17 nitrogen and oxygen atoms in total. The van der Waals surface area contributed by atoms with Gasteiger partial charge in [-0.3, -0.25) is 37.3 Å². The summed E-state index contributed by atoms with van der Waals surface area (Å²) in [5, 5.41) is 10.6. The molecule has 3 unspecified atom stereocenters. The van der Waals surface area contributed by atoms with Gasteiger partial charge in [0.1, 0.15) is 19.3 Å². The van der Waals surface area contributed by atoms with Crippen LogP contribution in [0.4, 0.5) is 0 Å². The maximum atomic E-state index is 13.1. The Balaban J connectivity index is 5.24. The second kappa shape index (κ2) is 69.8. The Kier molecular flexibility index (Phi) is 68.4. The van der Waals surface area contributed by atoms with Gasteiger partial charge in [-0.2, -0.15) is 0 Å². The second-order valence-electron chi connectivity index (χ2n) is 28.8. The van der Waals surface area contributed by atoms with E-state index >= 15 is 0 Å². The topological polar surface area (TPSA) is 237 Å².